The van der Waals surface area contributed by atoms with E-state index in [1.807, 2.05) is 0 Å². The van der Waals surface area contributed by atoms with E-state index in [0.717, 1.165) is 24.7 Å². The van der Waals surface area contributed by atoms with Gasteiger partial charge in [-0.1, -0.05) is 25.0 Å². The van der Waals surface area contributed by atoms with Crippen molar-refractivity contribution in [3.8, 4) is 5.75 Å². The van der Waals surface area contributed by atoms with Gasteiger partial charge in [0, 0.05) is 19.8 Å². The first kappa shape index (κ1) is 19.2. The molecule has 1 amide bonds. The molecule has 1 aliphatic carbocycles. The maximum absolute atomic E-state index is 12.8. The van der Waals surface area contributed by atoms with E-state index >= 15 is 0 Å². The van der Waals surface area contributed by atoms with E-state index in [2.05, 4.69) is 0 Å². The lowest BCUT2D eigenvalue weighted by atomic mass is 10.1. The van der Waals surface area contributed by atoms with Gasteiger partial charge in [-0.05, 0) is 30.5 Å². The molecule has 138 valence electrons. The summed E-state index contributed by atoms with van der Waals surface area (Å²) in [7, 11) is -1.89. The van der Waals surface area contributed by atoms with Gasteiger partial charge in [-0.3, -0.25) is 4.79 Å². The molecule has 1 aromatic rings. The first-order chi connectivity index (χ1) is 11.7. The highest BCUT2D eigenvalue weighted by Crippen LogP contribution is 2.38. The van der Waals surface area contributed by atoms with E-state index in [9.17, 15) is 18.0 Å². The van der Waals surface area contributed by atoms with Gasteiger partial charge in [0.25, 0.3) is 0 Å². The average Bonchev–Trinajstić information content (AvgIpc) is 3.04. The fraction of sp³-hybridized carbons (Fsp3) is 0.529. The topological polar surface area (TPSA) is 101 Å². The summed E-state index contributed by atoms with van der Waals surface area (Å²) in [6.45, 7) is -0.149. The predicted molar refractivity (Wildman–Crippen MR) is 92.1 cm³/mol. The predicted octanol–water partition coefficient (Wildman–Crippen LogP) is 1.47. The zero-order valence-corrected chi connectivity index (χ0v) is 15.2. The molecule has 0 saturated heterocycles. The molecule has 0 aromatic heterocycles. The van der Waals surface area contributed by atoms with Crippen LogP contribution >= 0.6 is 0 Å². The molecule has 0 radical (unpaired) electrons. The molecule has 0 spiro atoms. The van der Waals surface area contributed by atoms with E-state index in [1.165, 1.54) is 4.90 Å². The monoisotopic (exact) mass is 369 g/mol. The minimum Gasteiger partial charge on any atom is -0.482 e. The molecule has 7 nitrogen and oxygen atoms in total. The van der Waals surface area contributed by atoms with Crippen LogP contribution in [0.5, 0.6) is 5.75 Å². The maximum Gasteiger partial charge on any atom is 0.341 e. The van der Waals surface area contributed by atoms with Crippen LogP contribution in [0.15, 0.2) is 24.3 Å². The normalized spacial score (nSPS) is 16.4. The Balaban J connectivity index is 2.07. The highest BCUT2D eigenvalue weighted by molar-refractivity contribution is 7.92. The van der Waals surface area contributed by atoms with Crippen LogP contribution in [-0.4, -0.2) is 55.0 Å². The molecule has 0 bridgehead atoms. The largest absolute Gasteiger partial charge is 0.482 e. The molecule has 1 N–H and O–H groups in total. The third kappa shape index (κ3) is 4.31. The fourth-order valence-corrected chi connectivity index (χ4v) is 4.72. The van der Waals surface area contributed by atoms with Crippen LogP contribution in [0.1, 0.15) is 31.2 Å². The van der Waals surface area contributed by atoms with E-state index < -0.39 is 27.2 Å². The molecule has 2 rings (SSSR count). The van der Waals surface area contributed by atoms with Crippen LogP contribution in [0.2, 0.25) is 0 Å². The van der Waals surface area contributed by atoms with Crippen molar-refractivity contribution in [2.24, 2.45) is 0 Å². The number of benzene rings is 1. The minimum absolute atomic E-state index is 0.273. The van der Waals surface area contributed by atoms with E-state index in [-0.39, 0.29) is 12.5 Å². The summed E-state index contributed by atoms with van der Waals surface area (Å²) in [5.74, 6) is -1.00. The third-order valence-corrected chi connectivity index (χ3v) is 6.57. The van der Waals surface area contributed by atoms with Gasteiger partial charge >= 0.3 is 5.97 Å². The van der Waals surface area contributed by atoms with Crippen LogP contribution in [0.3, 0.4) is 0 Å². The molecule has 0 atom stereocenters. The molecule has 1 aromatic carbocycles. The lowest BCUT2D eigenvalue weighted by Crippen LogP contribution is -2.50. The van der Waals surface area contributed by atoms with Gasteiger partial charge in [0.1, 0.15) is 5.75 Å². The summed E-state index contributed by atoms with van der Waals surface area (Å²) in [5, 5.41) is 8.58. The van der Waals surface area contributed by atoms with Crippen LogP contribution in [0, 0.1) is 0 Å². The van der Waals surface area contributed by atoms with Crippen LogP contribution < -0.4 is 4.74 Å². The Bertz CT molecular complexity index is 735. The number of carboxylic acids is 1. The van der Waals surface area contributed by atoms with Crippen molar-refractivity contribution in [2.75, 3.05) is 19.9 Å². The summed E-state index contributed by atoms with van der Waals surface area (Å²) >= 11 is 0. The van der Waals surface area contributed by atoms with Crippen LogP contribution in [0.4, 0.5) is 0 Å². The molecule has 1 saturated carbocycles. The van der Waals surface area contributed by atoms with Crippen molar-refractivity contribution < 1.29 is 27.9 Å². The molecular weight excluding hydrogens is 346 g/mol. The number of sulfone groups is 1. The molecule has 1 aliphatic rings. The Morgan fingerprint density at radius 1 is 1.20 bits per heavy atom. The van der Waals surface area contributed by atoms with E-state index in [1.54, 1.807) is 31.3 Å². The summed E-state index contributed by atoms with van der Waals surface area (Å²) in [6, 6.07) is 6.70. The van der Waals surface area contributed by atoms with Crippen molar-refractivity contribution >= 4 is 21.7 Å². The molecule has 25 heavy (non-hydrogen) atoms. The second-order valence-electron chi connectivity index (χ2n) is 6.46. The standard InChI is InChI=1S/C17H23NO6S/c1-18(16(21)17(25(2,22)23)9-3-4-10-17)11-13-5-7-14(8-6-13)24-12-15(19)20/h5-8H,3-4,9-12H2,1-2H3,(H,19,20). The molecule has 1 fully saturated rings. The summed E-state index contributed by atoms with van der Waals surface area (Å²) < 4.78 is 28.2. The van der Waals surface area contributed by atoms with Gasteiger partial charge in [-0.25, -0.2) is 13.2 Å². The number of aliphatic carboxylic acids is 1. The first-order valence-corrected chi connectivity index (χ1v) is 9.93. The minimum atomic E-state index is -3.49. The first-order valence-electron chi connectivity index (χ1n) is 8.04. The summed E-state index contributed by atoms with van der Waals surface area (Å²) in [4.78, 5) is 24.7. The Morgan fingerprint density at radius 3 is 2.24 bits per heavy atom. The molecule has 0 heterocycles. The van der Waals surface area contributed by atoms with Crippen molar-refractivity contribution in [1.29, 1.82) is 0 Å². The number of ether oxygens (including phenoxy) is 1. The Labute approximate surface area is 147 Å². The lowest BCUT2D eigenvalue weighted by Gasteiger charge is -2.30. The van der Waals surface area contributed by atoms with Crippen molar-refractivity contribution in [3.05, 3.63) is 29.8 Å². The molecule has 8 heteroatoms. The van der Waals surface area contributed by atoms with Gasteiger partial charge in [0.05, 0.1) is 0 Å². The van der Waals surface area contributed by atoms with Crippen molar-refractivity contribution in [2.45, 2.75) is 37.0 Å². The summed E-state index contributed by atoms with van der Waals surface area (Å²) in [6.07, 6.45) is 3.36. The highest BCUT2D eigenvalue weighted by atomic mass is 32.2. The van der Waals surface area contributed by atoms with Crippen LogP contribution in [-0.2, 0) is 26.0 Å². The quantitative estimate of drug-likeness (QED) is 0.781. The smallest absolute Gasteiger partial charge is 0.341 e. The van der Waals surface area contributed by atoms with Gasteiger partial charge in [-0.15, -0.1) is 0 Å². The van der Waals surface area contributed by atoms with E-state index in [4.69, 9.17) is 9.84 Å². The van der Waals surface area contributed by atoms with Gasteiger partial charge < -0.3 is 14.7 Å². The molecular formula is C17H23NO6S. The highest BCUT2D eigenvalue weighted by Gasteiger charge is 2.51. The average molecular weight is 369 g/mol. The Kier molecular flexibility index (Phi) is 5.72. The Hall–Kier alpha value is -2.09. The number of hydrogen-bond donors (Lipinski definition) is 1. The number of carboxylic acid groups (broad SMARTS) is 1. The number of rotatable bonds is 7. The van der Waals surface area contributed by atoms with E-state index in [0.29, 0.717) is 18.6 Å². The molecule has 0 unspecified atom stereocenters. The number of carbonyl (C=O) groups excluding carboxylic acids is 1. The zero-order chi connectivity index (χ0) is 18.7. The van der Waals surface area contributed by atoms with Gasteiger partial charge in [0.15, 0.2) is 21.2 Å². The number of amides is 1. The summed E-state index contributed by atoms with van der Waals surface area (Å²) in [5.41, 5.74) is 0.806. The Morgan fingerprint density at radius 2 is 1.76 bits per heavy atom. The van der Waals surface area contributed by atoms with Gasteiger partial charge in [0.2, 0.25) is 5.91 Å². The second-order valence-corrected chi connectivity index (χ2v) is 8.79. The maximum atomic E-state index is 12.8. The number of carbonyl (C=O) groups is 2. The number of hydrogen-bond acceptors (Lipinski definition) is 5. The zero-order valence-electron chi connectivity index (χ0n) is 14.4. The van der Waals surface area contributed by atoms with Crippen molar-refractivity contribution in [1.82, 2.24) is 4.90 Å². The fourth-order valence-electron chi connectivity index (χ4n) is 3.22. The third-order valence-electron chi connectivity index (χ3n) is 4.56. The van der Waals surface area contributed by atoms with Crippen molar-refractivity contribution in [3.63, 3.8) is 0 Å². The SMILES string of the molecule is CN(Cc1ccc(OCC(=O)O)cc1)C(=O)C1(S(C)(=O)=O)CCCC1. The second kappa shape index (κ2) is 7.43. The van der Waals surface area contributed by atoms with Gasteiger partial charge in [-0.2, -0.15) is 0 Å². The lowest BCUT2D eigenvalue weighted by molar-refractivity contribution is -0.139. The number of nitrogens with zero attached hydrogens (tertiary/aromatic N) is 1. The molecule has 0 aliphatic heterocycles. The van der Waals surface area contributed by atoms with Crippen LogP contribution in [0.25, 0.3) is 0 Å².